The van der Waals surface area contributed by atoms with Crippen LogP contribution in [0, 0.1) is 0 Å². The molecule has 1 aliphatic rings. The first-order valence-corrected chi connectivity index (χ1v) is 6.67. The fourth-order valence-electron chi connectivity index (χ4n) is 2.29. The summed E-state index contributed by atoms with van der Waals surface area (Å²) >= 11 is 0. The zero-order valence-electron chi connectivity index (χ0n) is 11.1. The van der Waals surface area contributed by atoms with E-state index in [-0.39, 0.29) is 5.91 Å². The van der Waals surface area contributed by atoms with Crippen LogP contribution in [0.3, 0.4) is 0 Å². The van der Waals surface area contributed by atoms with Gasteiger partial charge in [0.1, 0.15) is 0 Å². The molecular formula is C16H16N2O2. The molecule has 0 radical (unpaired) electrons. The SMILES string of the molecule is O=C(NN1CC=C(c2ccccc2)CC1)c1ccco1. The topological polar surface area (TPSA) is 45.5 Å². The average Bonchev–Trinajstić information content (AvgIpc) is 3.03. The van der Waals surface area contributed by atoms with Gasteiger partial charge in [-0.2, -0.15) is 0 Å². The van der Waals surface area contributed by atoms with E-state index in [4.69, 9.17) is 4.42 Å². The molecule has 1 aromatic carbocycles. The van der Waals surface area contributed by atoms with Gasteiger partial charge in [0.05, 0.1) is 6.26 Å². The van der Waals surface area contributed by atoms with Gasteiger partial charge >= 0.3 is 5.91 Å². The van der Waals surface area contributed by atoms with Crippen LogP contribution in [0.15, 0.2) is 59.2 Å². The Kier molecular flexibility index (Phi) is 3.65. The molecule has 0 atom stereocenters. The summed E-state index contributed by atoms with van der Waals surface area (Å²) in [5.41, 5.74) is 5.43. The van der Waals surface area contributed by atoms with Gasteiger partial charge in [0.15, 0.2) is 5.76 Å². The van der Waals surface area contributed by atoms with Crippen molar-refractivity contribution in [3.8, 4) is 0 Å². The molecule has 0 saturated carbocycles. The molecule has 0 unspecified atom stereocenters. The highest BCUT2D eigenvalue weighted by Gasteiger charge is 2.16. The molecule has 0 spiro atoms. The molecule has 1 N–H and O–H groups in total. The number of carbonyl (C=O) groups is 1. The summed E-state index contributed by atoms with van der Waals surface area (Å²) in [5, 5.41) is 1.90. The van der Waals surface area contributed by atoms with Crippen molar-refractivity contribution in [2.45, 2.75) is 6.42 Å². The van der Waals surface area contributed by atoms with Crippen LogP contribution in [-0.2, 0) is 0 Å². The maximum atomic E-state index is 11.9. The Morgan fingerprint density at radius 3 is 2.65 bits per heavy atom. The minimum Gasteiger partial charge on any atom is -0.459 e. The van der Waals surface area contributed by atoms with E-state index in [2.05, 4.69) is 23.6 Å². The molecule has 1 amide bonds. The Balaban J connectivity index is 1.61. The molecule has 102 valence electrons. The molecule has 0 bridgehead atoms. The summed E-state index contributed by atoms with van der Waals surface area (Å²) in [6.45, 7) is 1.50. The zero-order valence-corrected chi connectivity index (χ0v) is 11.1. The fourth-order valence-corrected chi connectivity index (χ4v) is 2.29. The van der Waals surface area contributed by atoms with E-state index < -0.39 is 0 Å². The van der Waals surface area contributed by atoms with E-state index in [1.54, 1.807) is 12.1 Å². The highest BCUT2D eigenvalue weighted by atomic mass is 16.3. The predicted molar refractivity (Wildman–Crippen MR) is 76.8 cm³/mol. The number of hydrogen-bond acceptors (Lipinski definition) is 3. The van der Waals surface area contributed by atoms with Crippen molar-refractivity contribution in [2.24, 2.45) is 0 Å². The lowest BCUT2D eigenvalue weighted by Gasteiger charge is -2.26. The van der Waals surface area contributed by atoms with E-state index >= 15 is 0 Å². The monoisotopic (exact) mass is 268 g/mol. The van der Waals surface area contributed by atoms with Crippen molar-refractivity contribution in [1.82, 2.24) is 10.4 Å². The number of hydrazine groups is 1. The van der Waals surface area contributed by atoms with Crippen molar-refractivity contribution in [3.05, 3.63) is 66.1 Å². The number of nitrogens with one attached hydrogen (secondary N) is 1. The summed E-state index contributed by atoms with van der Waals surface area (Å²) in [4.78, 5) is 11.9. The molecule has 2 aromatic rings. The van der Waals surface area contributed by atoms with Crippen molar-refractivity contribution in [1.29, 1.82) is 0 Å². The summed E-state index contributed by atoms with van der Waals surface area (Å²) in [5.74, 6) is 0.134. The quantitative estimate of drug-likeness (QED) is 0.931. The molecule has 4 heteroatoms. The minimum absolute atomic E-state index is 0.202. The van der Waals surface area contributed by atoms with Crippen LogP contribution in [0.5, 0.6) is 0 Å². The maximum absolute atomic E-state index is 11.9. The number of benzene rings is 1. The van der Waals surface area contributed by atoms with Crippen LogP contribution in [0.4, 0.5) is 0 Å². The van der Waals surface area contributed by atoms with Crippen molar-refractivity contribution < 1.29 is 9.21 Å². The van der Waals surface area contributed by atoms with Gasteiger partial charge in [-0.1, -0.05) is 36.4 Å². The summed E-state index contributed by atoms with van der Waals surface area (Å²) < 4.78 is 5.07. The Labute approximate surface area is 117 Å². The zero-order chi connectivity index (χ0) is 13.8. The number of carbonyl (C=O) groups excluding carboxylic acids is 1. The summed E-state index contributed by atoms with van der Waals surface area (Å²) in [6.07, 6.45) is 4.57. The van der Waals surface area contributed by atoms with Gasteiger partial charge in [0.25, 0.3) is 0 Å². The molecule has 3 rings (SSSR count). The van der Waals surface area contributed by atoms with E-state index in [0.29, 0.717) is 12.3 Å². The van der Waals surface area contributed by atoms with E-state index in [9.17, 15) is 4.79 Å². The second kappa shape index (κ2) is 5.75. The maximum Gasteiger partial charge on any atom is 0.301 e. The van der Waals surface area contributed by atoms with Crippen LogP contribution in [-0.4, -0.2) is 24.0 Å². The first kappa shape index (κ1) is 12.7. The van der Waals surface area contributed by atoms with Crippen LogP contribution in [0.1, 0.15) is 22.5 Å². The average molecular weight is 268 g/mol. The number of hydrogen-bond donors (Lipinski definition) is 1. The molecule has 1 aliphatic heterocycles. The fraction of sp³-hybridized carbons (Fsp3) is 0.188. The Morgan fingerprint density at radius 1 is 1.15 bits per heavy atom. The van der Waals surface area contributed by atoms with Crippen LogP contribution >= 0.6 is 0 Å². The third-order valence-corrected chi connectivity index (χ3v) is 3.36. The van der Waals surface area contributed by atoms with Gasteiger partial charge in [-0.15, -0.1) is 0 Å². The Morgan fingerprint density at radius 2 is 2.00 bits per heavy atom. The van der Waals surface area contributed by atoms with Gasteiger partial charge in [0.2, 0.25) is 0 Å². The van der Waals surface area contributed by atoms with E-state index in [1.807, 2.05) is 23.2 Å². The normalized spacial score (nSPS) is 15.7. The first-order chi connectivity index (χ1) is 9.83. The standard InChI is InChI=1S/C16H16N2O2/c19-16(15-7-4-12-20-15)17-18-10-8-14(9-11-18)13-5-2-1-3-6-13/h1-8,12H,9-11H2,(H,17,19). The van der Waals surface area contributed by atoms with Gasteiger partial charge in [-0.3, -0.25) is 10.2 Å². The number of furan rings is 1. The van der Waals surface area contributed by atoms with Gasteiger partial charge in [-0.25, -0.2) is 5.01 Å². The predicted octanol–water partition coefficient (Wildman–Crippen LogP) is 2.71. The highest BCUT2D eigenvalue weighted by molar-refractivity contribution is 5.91. The number of rotatable bonds is 3. The smallest absolute Gasteiger partial charge is 0.301 e. The number of amides is 1. The Hall–Kier alpha value is -2.33. The van der Waals surface area contributed by atoms with Crippen LogP contribution in [0.25, 0.3) is 5.57 Å². The van der Waals surface area contributed by atoms with Crippen molar-refractivity contribution in [3.63, 3.8) is 0 Å². The molecule has 0 fully saturated rings. The third kappa shape index (κ3) is 2.81. The Bertz CT molecular complexity index is 603. The minimum atomic E-state index is -0.202. The molecule has 4 nitrogen and oxygen atoms in total. The lowest BCUT2D eigenvalue weighted by Crippen LogP contribution is -2.44. The molecule has 20 heavy (non-hydrogen) atoms. The van der Waals surface area contributed by atoms with Crippen molar-refractivity contribution >= 4 is 11.5 Å². The summed E-state index contributed by atoms with van der Waals surface area (Å²) in [7, 11) is 0. The summed E-state index contributed by atoms with van der Waals surface area (Å²) in [6, 6.07) is 13.7. The number of nitrogens with zero attached hydrogens (tertiary/aromatic N) is 1. The molecule has 0 saturated heterocycles. The molecule has 2 heterocycles. The second-order valence-corrected chi connectivity index (χ2v) is 4.71. The van der Waals surface area contributed by atoms with Gasteiger partial charge in [-0.05, 0) is 29.7 Å². The molecular weight excluding hydrogens is 252 g/mol. The van der Waals surface area contributed by atoms with Gasteiger partial charge in [0, 0.05) is 13.1 Å². The third-order valence-electron chi connectivity index (χ3n) is 3.36. The highest BCUT2D eigenvalue weighted by Crippen LogP contribution is 2.21. The molecule has 0 aliphatic carbocycles. The van der Waals surface area contributed by atoms with Crippen LogP contribution in [0.2, 0.25) is 0 Å². The largest absolute Gasteiger partial charge is 0.459 e. The van der Waals surface area contributed by atoms with Crippen LogP contribution < -0.4 is 5.43 Å². The lowest BCUT2D eigenvalue weighted by molar-refractivity contribution is 0.0776. The molecule has 1 aromatic heterocycles. The van der Waals surface area contributed by atoms with Gasteiger partial charge < -0.3 is 4.42 Å². The van der Waals surface area contributed by atoms with E-state index in [1.165, 1.54) is 17.4 Å². The first-order valence-electron chi connectivity index (χ1n) is 6.67. The second-order valence-electron chi connectivity index (χ2n) is 4.71. The lowest BCUT2D eigenvalue weighted by atomic mass is 10.0. The van der Waals surface area contributed by atoms with Crippen molar-refractivity contribution in [2.75, 3.05) is 13.1 Å². The van der Waals surface area contributed by atoms with E-state index in [0.717, 1.165) is 13.0 Å².